The summed E-state index contributed by atoms with van der Waals surface area (Å²) >= 11 is 6.18. The van der Waals surface area contributed by atoms with Gasteiger partial charge in [-0.05, 0) is 38.7 Å². The number of aromatic nitrogens is 4. The predicted octanol–water partition coefficient (Wildman–Crippen LogP) is 3.59. The number of fused-ring (bicyclic) bond motifs is 1. The second-order valence-corrected chi connectivity index (χ2v) is 7.72. The summed E-state index contributed by atoms with van der Waals surface area (Å²) in [6.45, 7) is 4.64. The minimum atomic E-state index is -0.0593. The van der Waals surface area contributed by atoms with Crippen LogP contribution in [0.2, 0.25) is 5.02 Å². The van der Waals surface area contributed by atoms with Gasteiger partial charge in [0, 0.05) is 11.3 Å². The molecule has 1 aliphatic rings. The molecule has 1 aliphatic carbocycles. The first-order valence-electron chi connectivity index (χ1n) is 9.60. The molecule has 4 rings (SSSR count). The summed E-state index contributed by atoms with van der Waals surface area (Å²) in [6, 6.07) is 10.3. The second kappa shape index (κ2) is 7.80. The van der Waals surface area contributed by atoms with Crippen molar-refractivity contribution in [2.45, 2.75) is 52.2 Å². The Hall–Kier alpha value is -2.60. The molecule has 3 aromatic rings. The van der Waals surface area contributed by atoms with Crippen molar-refractivity contribution in [1.82, 2.24) is 24.9 Å². The van der Waals surface area contributed by atoms with Crippen LogP contribution in [-0.4, -0.2) is 25.5 Å². The molecule has 0 saturated carbocycles. The second-order valence-electron chi connectivity index (χ2n) is 7.34. The van der Waals surface area contributed by atoms with Crippen molar-refractivity contribution in [3.05, 3.63) is 69.8 Å². The standard InChI is InChI=1S/C21H24ClN5O/c1-14-21(22)15(2)26(25-14)13-20(28)24-18-9-6-10-19-17(18)11-23-27(19)12-16-7-4-3-5-8-16/h3-5,7-8,11,18H,6,9-10,12-13H2,1-2H3,(H,24,28)/t18-/m0/s1. The lowest BCUT2D eigenvalue weighted by Crippen LogP contribution is -2.34. The molecule has 0 saturated heterocycles. The Kier molecular flexibility index (Phi) is 5.22. The molecule has 146 valence electrons. The zero-order valence-corrected chi connectivity index (χ0v) is 16.9. The van der Waals surface area contributed by atoms with Gasteiger partial charge in [0.05, 0.1) is 35.2 Å². The van der Waals surface area contributed by atoms with Crippen LogP contribution >= 0.6 is 11.6 Å². The minimum Gasteiger partial charge on any atom is -0.348 e. The summed E-state index contributed by atoms with van der Waals surface area (Å²) in [6.07, 6.45) is 4.85. The van der Waals surface area contributed by atoms with Gasteiger partial charge in [-0.15, -0.1) is 0 Å². The first-order chi connectivity index (χ1) is 13.5. The topological polar surface area (TPSA) is 64.7 Å². The van der Waals surface area contributed by atoms with Crippen molar-refractivity contribution < 1.29 is 4.79 Å². The van der Waals surface area contributed by atoms with Crippen molar-refractivity contribution >= 4 is 17.5 Å². The molecule has 0 aliphatic heterocycles. The molecule has 1 N–H and O–H groups in total. The molecule has 0 fully saturated rings. The quantitative estimate of drug-likeness (QED) is 0.715. The van der Waals surface area contributed by atoms with Gasteiger partial charge in [-0.2, -0.15) is 10.2 Å². The van der Waals surface area contributed by atoms with Crippen LogP contribution in [0.5, 0.6) is 0 Å². The summed E-state index contributed by atoms with van der Waals surface area (Å²) in [5.74, 6) is -0.0593. The van der Waals surface area contributed by atoms with E-state index in [0.717, 1.165) is 42.8 Å². The number of benzene rings is 1. The number of aryl methyl sites for hydroxylation is 1. The van der Waals surface area contributed by atoms with E-state index in [9.17, 15) is 4.79 Å². The first kappa shape index (κ1) is 18.7. The number of halogens is 1. The van der Waals surface area contributed by atoms with Crippen LogP contribution in [0.15, 0.2) is 36.5 Å². The van der Waals surface area contributed by atoms with E-state index in [1.807, 2.05) is 38.2 Å². The Bertz CT molecular complexity index is 992. The van der Waals surface area contributed by atoms with Gasteiger partial charge in [0.25, 0.3) is 0 Å². The van der Waals surface area contributed by atoms with Crippen molar-refractivity contribution in [3.8, 4) is 0 Å². The number of hydrogen-bond acceptors (Lipinski definition) is 3. The van der Waals surface area contributed by atoms with Gasteiger partial charge in [-0.25, -0.2) is 0 Å². The summed E-state index contributed by atoms with van der Waals surface area (Å²) in [5.41, 5.74) is 5.13. The van der Waals surface area contributed by atoms with E-state index < -0.39 is 0 Å². The molecule has 1 atom stereocenters. The number of rotatable bonds is 5. The fourth-order valence-corrected chi connectivity index (χ4v) is 4.00. The first-order valence-corrected chi connectivity index (χ1v) is 9.98. The van der Waals surface area contributed by atoms with Gasteiger partial charge in [0.15, 0.2) is 0 Å². The van der Waals surface area contributed by atoms with Gasteiger partial charge < -0.3 is 5.32 Å². The number of nitrogens with zero attached hydrogens (tertiary/aromatic N) is 4. The van der Waals surface area contributed by atoms with Crippen molar-refractivity contribution in [3.63, 3.8) is 0 Å². The Morgan fingerprint density at radius 2 is 2.04 bits per heavy atom. The molecular formula is C21H24ClN5O. The Morgan fingerprint density at radius 1 is 1.25 bits per heavy atom. The molecule has 2 heterocycles. The highest BCUT2D eigenvalue weighted by Gasteiger charge is 2.26. The van der Waals surface area contributed by atoms with E-state index in [0.29, 0.717) is 5.02 Å². The smallest absolute Gasteiger partial charge is 0.242 e. The van der Waals surface area contributed by atoms with Crippen molar-refractivity contribution in [1.29, 1.82) is 0 Å². The molecule has 1 aromatic carbocycles. The number of amides is 1. The van der Waals surface area contributed by atoms with Gasteiger partial charge in [-0.3, -0.25) is 14.2 Å². The Morgan fingerprint density at radius 3 is 2.75 bits per heavy atom. The summed E-state index contributed by atoms with van der Waals surface area (Å²) in [5, 5.41) is 12.7. The Labute approximate surface area is 169 Å². The number of carbonyl (C=O) groups excluding carboxylic acids is 1. The van der Waals surface area contributed by atoms with Crippen molar-refractivity contribution in [2.75, 3.05) is 0 Å². The molecule has 0 unspecified atom stereocenters. The van der Waals surface area contributed by atoms with Crippen LogP contribution in [0.4, 0.5) is 0 Å². The fraction of sp³-hybridized carbons (Fsp3) is 0.381. The van der Waals surface area contributed by atoms with E-state index in [4.69, 9.17) is 11.6 Å². The van der Waals surface area contributed by atoms with Crippen LogP contribution < -0.4 is 5.32 Å². The largest absolute Gasteiger partial charge is 0.348 e. The molecule has 0 bridgehead atoms. The van der Waals surface area contributed by atoms with E-state index >= 15 is 0 Å². The molecule has 1 amide bonds. The summed E-state index contributed by atoms with van der Waals surface area (Å²) in [4.78, 5) is 12.6. The molecule has 7 heteroatoms. The van der Waals surface area contributed by atoms with Crippen LogP contribution in [0.25, 0.3) is 0 Å². The zero-order chi connectivity index (χ0) is 19.7. The third-order valence-electron chi connectivity index (χ3n) is 5.36. The van der Waals surface area contributed by atoms with Crippen molar-refractivity contribution in [2.24, 2.45) is 0 Å². The maximum absolute atomic E-state index is 12.6. The van der Waals surface area contributed by atoms with Gasteiger partial charge >= 0.3 is 0 Å². The number of carbonyl (C=O) groups is 1. The maximum atomic E-state index is 12.6. The Balaban J connectivity index is 1.47. The van der Waals surface area contributed by atoms with Gasteiger partial charge in [0.2, 0.25) is 5.91 Å². The minimum absolute atomic E-state index is 0.00629. The summed E-state index contributed by atoms with van der Waals surface area (Å²) < 4.78 is 3.72. The maximum Gasteiger partial charge on any atom is 0.242 e. The van der Waals surface area contributed by atoms with Crippen LogP contribution in [0.1, 0.15) is 47.1 Å². The lowest BCUT2D eigenvalue weighted by Gasteiger charge is -2.24. The molecule has 0 radical (unpaired) electrons. The highest BCUT2D eigenvalue weighted by molar-refractivity contribution is 6.31. The molecule has 28 heavy (non-hydrogen) atoms. The van der Waals surface area contributed by atoms with E-state index in [-0.39, 0.29) is 18.5 Å². The average molecular weight is 398 g/mol. The normalized spacial score (nSPS) is 16.0. The number of hydrogen-bond donors (Lipinski definition) is 1. The SMILES string of the molecule is Cc1nn(CC(=O)N[C@H]2CCCc3c2cnn3Cc2ccccc2)c(C)c1Cl. The average Bonchev–Trinajstić information content (AvgIpc) is 3.20. The lowest BCUT2D eigenvalue weighted by molar-refractivity contribution is -0.122. The van der Waals surface area contributed by atoms with E-state index in [2.05, 4.69) is 32.3 Å². The predicted molar refractivity (Wildman–Crippen MR) is 108 cm³/mol. The van der Waals surface area contributed by atoms with E-state index in [1.54, 1.807) is 4.68 Å². The number of nitrogens with one attached hydrogen (secondary N) is 1. The molecular weight excluding hydrogens is 374 g/mol. The van der Waals surface area contributed by atoms with Gasteiger partial charge in [-0.1, -0.05) is 41.9 Å². The summed E-state index contributed by atoms with van der Waals surface area (Å²) in [7, 11) is 0. The highest BCUT2D eigenvalue weighted by Crippen LogP contribution is 2.30. The molecule has 2 aromatic heterocycles. The zero-order valence-electron chi connectivity index (χ0n) is 16.2. The fourth-order valence-electron chi connectivity index (χ4n) is 3.87. The van der Waals surface area contributed by atoms with Crippen LogP contribution in [0.3, 0.4) is 0 Å². The highest BCUT2D eigenvalue weighted by atomic mass is 35.5. The third-order valence-corrected chi connectivity index (χ3v) is 5.91. The molecule has 6 nitrogen and oxygen atoms in total. The monoisotopic (exact) mass is 397 g/mol. The van der Waals surface area contributed by atoms with Crippen LogP contribution in [0, 0.1) is 13.8 Å². The van der Waals surface area contributed by atoms with E-state index in [1.165, 1.54) is 11.3 Å². The molecule has 0 spiro atoms. The van der Waals surface area contributed by atoms with Crippen LogP contribution in [-0.2, 0) is 24.3 Å². The lowest BCUT2D eigenvalue weighted by atomic mass is 9.93. The third kappa shape index (κ3) is 3.69. The van der Waals surface area contributed by atoms with Gasteiger partial charge in [0.1, 0.15) is 6.54 Å².